The van der Waals surface area contributed by atoms with Crippen molar-refractivity contribution in [2.24, 2.45) is 17.4 Å². The van der Waals surface area contributed by atoms with E-state index in [1.807, 2.05) is 65.6 Å². The SMILES string of the molecule is COCCOC(=O)N1C(=O)C2(c3cc(C#CCNC(N)=O)ccc31)C(C(N)=O)C1C(=O)OC(c3ccccc3)C(c3ccccc3)N1C2c1cccc(OCCO)c1. The number of urea groups is 1. The second-order valence-corrected chi connectivity index (χ2v) is 13.8. The van der Waals surface area contributed by atoms with Crippen LogP contribution in [-0.4, -0.2) is 86.0 Å². The smallest absolute Gasteiger partial charge is 0.421 e. The number of aliphatic hydroxyl groups excluding tert-OH is 1. The van der Waals surface area contributed by atoms with Crippen LogP contribution in [0.15, 0.2) is 103 Å². The zero-order valence-corrected chi connectivity index (χ0v) is 31.4. The number of ether oxygens (including phenoxy) is 4. The standard InChI is InChI=1S/C43H41N5O10/c1-55-22-23-57-42(54)47-32-18-17-26(10-9-19-46-41(45)53)24-31(32)43(40(47)52)33(38(44)50)35-39(51)58-36(28-13-6-3-7-14-28)34(27-11-4-2-5-12-27)48(35)37(43)29-15-8-16-30(25-29)56-21-20-49/h2-8,11-18,24-25,33-37,49H,19-23H2,1H3,(H2,44,50)(H3,45,46,53). The summed E-state index contributed by atoms with van der Waals surface area (Å²) in [6, 6.07) is 25.6. The molecule has 7 rings (SSSR count). The average Bonchev–Trinajstić information content (AvgIpc) is 3.69. The summed E-state index contributed by atoms with van der Waals surface area (Å²) >= 11 is 0. The van der Waals surface area contributed by atoms with Gasteiger partial charge in [0.05, 0.1) is 43.4 Å². The van der Waals surface area contributed by atoms with E-state index in [0.29, 0.717) is 28.0 Å². The molecule has 2 fully saturated rings. The molecular formula is C43H41N5O10. The van der Waals surface area contributed by atoms with Crippen LogP contribution in [0, 0.1) is 17.8 Å². The van der Waals surface area contributed by atoms with Crippen LogP contribution in [0.2, 0.25) is 0 Å². The molecular weight excluding hydrogens is 746 g/mol. The number of primary amides is 2. The van der Waals surface area contributed by atoms with Crippen LogP contribution in [0.5, 0.6) is 5.75 Å². The van der Waals surface area contributed by atoms with Gasteiger partial charge in [0, 0.05) is 12.7 Å². The molecule has 3 aliphatic heterocycles. The number of carbonyl (C=O) groups excluding carboxylic acids is 5. The Labute approximate surface area is 333 Å². The molecule has 0 aromatic heterocycles. The predicted molar refractivity (Wildman–Crippen MR) is 208 cm³/mol. The van der Waals surface area contributed by atoms with E-state index in [1.54, 1.807) is 36.4 Å². The van der Waals surface area contributed by atoms with Crippen LogP contribution in [0.25, 0.3) is 0 Å². The summed E-state index contributed by atoms with van der Waals surface area (Å²) in [5.74, 6) is 1.81. The number of methoxy groups -OCH3 is 1. The number of nitrogens with two attached hydrogens (primary N) is 2. The molecule has 1 spiro atoms. The number of nitrogens with one attached hydrogen (secondary N) is 1. The Balaban J connectivity index is 1.55. The molecule has 3 aliphatic rings. The Bertz CT molecular complexity index is 2280. The molecule has 58 heavy (non-hydrogen) atoms. The number of morpholine rings is 1. The lowest BCUT2D eigenvalue weighted by molar-refractivity contribution is -0.178. The molecule has 6 atom stereocenters. The first-order valence-corrected chi connectivity index (χ1v) is 18.5. The van der Waals surface area contributed by atoms with E-state index in [1.165, 1.54) is 13.2 Å². The molecule has 5 amide bonds. The van der Waals surface area contributed by atoms with Crippen molar-refractivity contribution in [3.05, 3.63) is 131 Å². The highest BCUT2D eigenvalue weighted by Gasteiger charge is 2.75. The maximum absolute atomic E-state index is 15.8. The molecule has 15 nitrogen and oxygen atoms in total. The Morgan fingerprint density at radius 3 is 2.24 bits per heavy atom. The summed E-state index contributed by atoms with van der Waals surface area (Å²) in [6.07, 6.45) is -1.98. The summed E-state index contributed by atoms with van der Waals surface area (Å²) in [5.41, 5.74) is 11.9. The van der Waals surface area contributed by atoms with E-state index in [-0.39, 0.29) is 44.2 Å². The summed E-state index contributed by atoms with van der Waals surface area (Å²) in [5, 5.41) is 12.0. The maximum Gasteiger partial charge on any atom is 0.421 e. The number of anilines is 1. The van der Waals surface area contributed by atoms with Gasteiger partial charge >= 0.3 is 18.1 Å². The Kier molecular flexibility index (Phi) is 11.4. The fourth-order valence-electron chi connectivity index (χ4n) is 8.49. The first-order valence-electron chi connectivity index (χ1n) is 18.5. The molecule has 4 aromatic rings. The fourth-order valence-corrected chi connectivity index (χ4v) is 8.49. The minimum absolute atomic E-state index is 0.0358. The Morgan fingerprint density at radius 1 is 0.862 bits per heavy atom. The van der Waals surface area contributed by atoms with Gasteiger partial charge in [0.15, 0.2) is 0 Å². The summed E-state index contributed by atoms with van der Waals surface area (Å²) < 4.78 is 22.8. The summed E-state index contributed by atoms with van der Waals surface area (Å²) in [7, 11) is 1.43. The molecule has 2 saturated heterocycles. The van der Waals surface area contributed by atoms with Gasteiger partial charge in [-0.05, 0) is 52.6 Å². The zero-order chi connectivity index (χ0) is 41.0. The number of cyclic esters (lactones) is 1. The molecule has 0 saturated carbocycles. The first kappa shape index (κ1) is 39.5. The highest BCUT2D eigenvalue weighted by Crippen LogP contribution is 2.65. The highest BCUT2D eigenvalue weighted by molar-refractivity contribution is 6.23. The molecule has 298 valence electrons. The first-order chi connectivity index (χ1) is 28.1. The number of amides is 5. The highest BCUT2D eigenvalue weighted by atomic mass is 16.6. The number of aliphatic hydroxyl groups is 1. The Hall–Kier alpha value is -6.73. The van der Waals surface area contributed by atoms with Crippen molar-refractivity contribution in [3.63, 3.8) is 0 Å². The average molecular weight is 788 g/mol. The predicted octanol–water partition coefficient (Wildman–Crippen LogP) is 3.01. The number of esters is 1. The number of benzene rings is 4. The molecule has 0 aliphatic carbocycles. The summed E-state index contributed by atoms with van der Waals surface area (Å²) in [6.45, 7) is -0.571. The van der Waals surface area contributed by atoms with Crippen molar-refractivity contribution < 1.29 is 48.0 Å². The van der Waals surface area contributed by atoms with Crippen molar-refractivity contribution in [3.8, 4) is 17.6 Å². The van der Waals surface area contributed by atoms with Crippen LogP contribution in [0.3, 0.4) is 0 Å². The quantitative estimate of drug-likeness (QED) is 0.0986. The maximum atomic E-state index is 15.8. The van der Waals surface area contributed by atoms with E-state index < -0.39 is 65.5 Å². The minimum Gasteiger partial charge on any atom is -0.491 e. The normalized spacial score (nSPS) is 23.3. The number of hydrogen-bond acceptors (Lipinski definition) is 11. The molecule has 6 unspecified atom stereocenters. The van der Waals surface area contributed by atoms with E-state index in [4.69, 9.17) is 30.4 Å². The number of fused-ring (bicyclic) bond motifs is 3. The van der Waals surface area contributed by atoms with E-state index in [9.17, 15) is 24.3 Å². The number of rotatable bonds is 11. The molecule has 0 bridgehead atoms. The van der Waals surface area contributed by atoms with E-state index in [2.05, 4.69) is 17.2 Å². The zero-order valence-electron chi connectivity index (χ0n) is 31.4. The molecule has 3 heterocycles. The Morgan fingerprint density at radius 2 is 1.57 bits per heavy atom. The van der Waals surface area contributed by atoms with Crippen molar-refractivity contribution in [1.82, 2.24) is 10.2 Å². The molecule has 15 heteroatoms. The number of carbonyl (C=O) groups is 5. The third-order valence-electron chi connectivity index (χ3n) is 10.6. The molecule has 4 aromatic carbocycles. The van der Waals surface area contributed by atoms with Gasteiger partial charge in [-0.2, -0.15) is 0 Å². The summed E-state index contributed by atoms with van der Waals surface area (Å²) in [4.78, 5) is 72.9. The van der Waals surface area contributed by atoms with Gasteiger partial charge in [0.2, 0.25) is 11.8 Å². The lowest BCUT2D eigenvalue weighted by Crippen LogP contribution is -2.55. The van der Waals surface area contributed by atoms with Crippen LogP contribution < -0.4 is 26.4 Å². The van der Waals surface area contributed by atoms with Crippen molar-refractivity contribution in [1.29, 1.82) is 0 Å². The second-order valence-electron chi connectivity index (χ2n) is 13.8. The molecule has 0 radical (unpaired) electrons. The van der Waals surface area contributed by atoms with Crippen molar-refractivity contribution in [2.75, 3.05) is 45.0 Å². The fraction of sp³-hybridized carbons (Fsp3) is 0.279. The third-order valence-corrected chi connectivity index (χ3v) is 10.6. The topological polar surface area (TPSA) is 213 Å². The van der Waals surface area contributed by atoms with Crippen LogP contribution in [0.4, 0.5) is 15.3 Å². The lowest BCUT2D eigenvalue weighted by atomic mass is 9.65. The van der Waals surface area contributed by atoms with Crippen LogP contribution >= 0.6 is 0 Å². The van der Waals surface area contributed by atoms with E-state index >= 15 is 4.79 Å². The molecule has 6 N–H and O–H groups in total. The van der Waals surface area contributed by atoms with Gasteiger partial charge in [0.25, 0.3) is 0 Å². The van der Waals surface area contributed by atoms with Gasteiger partial charge in [-0.1, -0.05) is 84.6 Å². The minimum atomic E-state index is -2.09. The van der Waals surface area contributed by atoms with Crippen molar-refractivity contribution >= 4 is 35.6 Å². The van der Waals surface area contributed by atoms with Gasteiger partial charge in [-0.25, -0.2) is 14.5 Å². The van der Waals surface area contributed by atoms with Gasteiger partial charge in [0.1, 0.15) is 36.5 Å². The van der Waals surface area contributed by atoms with Gasteiger partial charge in [-0.3, -0.25) is 19.3 Å². The van der Waals surface area contributed by atoms with Crippen molar-refractivity contribution in [2.45, 2.75) is 29.6 Å². The largest absolute Gasteiger partial charge is 0.491 e. The van der Waals surface area contributed by atoms with Crippen LogP contribution in [-0.2, 0) is 34.0 Å². The number of imide groups is 1. The number of nitrogens with zero attached hydrogens (tertiary/aromatic N) is 2. The lowest BCUT2D eigenvalue weighted by Gasteiger charge is -2.46. The van der Waals surface area contributed by atoms with Gasteiger partial charge in [-0.15, -0.1) is 0 Å². The number of hydrogen-bond donors (Lipinski definition) is 4. The second kappa shape index (κ2) is 16.8. The third kappa shape index (κ3) is 6.98. The van der Waals surface area contributed by atoms with Crippen LogP contribution in [0.1, 0.15) is 46.0 Å². The van der Waals surface area contributed by atoms with E-state index in [0.717, 1.165) is 4.90 Å². The van der Waals surface area contributed by atoms with Gasteiger partial charge < -0.3 is 40.8 Å². The monoisotopic (exact) mass is 787 g/mol.